The van der Waals surface area contributed by atoms with E-state index < -0.39 is 0 Å². The number of aliphatic imine (C=N–C) groups is 2. The molecule has 2 aromatic rings. The van der Waals surface area contributed by atoms with Crippen molar-refractivity contribution in [2.75, 3.05) is 0 Å². The molecule has 0 radical (unpaired) electrons. The number of benzene rings is 2. The van der Waals surface area contributed by atoms with Crippen LogP contribution in [-0.2, 0) is 16.5 Å². The van der Waals surface area contributed by atoms with E-state index >= 15 is 0 Å². The first kappa shape index (κ1) is 20.3. The van der Waals surface area contributed by atoms with Gasteiger partial charge in [0.25, 0.3) is 0 Å². The number of para-hydroxylation sites is 2. The zero-order valence-electron chi connectivity index (χ0n) is 14.5. The van der Waals surface area contributed by atoms with Crippen LogP contribution in [-0.4, -0.2) is 11.4 Å². The Labute approximate surface area is 156 Å². The molecule has 0 bridgehead atoms. The van der Waals surface area contributed by atoms with E-state index in [-0.39, 0.29) is 16.5 Å². The summed E-state index contributed by atoms with van der Waals surface area (Å²) < 4.78 is 0. The molecular weight excluding hydrogens is 339 g/mol. The van der Waals surface area contributed by atoms with Gasteiger partial charge in [-0.25, -0.2) is 0 Å². The topological polar surface area (TPSA) is 24.7 Å². The Hall–Kier alpha value is -1.73. The van der Waals surface area contributed by atoms with Crippen LogP contribution in [0, 0.1) is 0 Å². The Balaban J connectivity index is 0.00000288. The minimum atomic E-state index is 0. The summed E-state index contributed by atoms with van der Waals surface area (Å²) in [6.07, 6.45) is 5.50. The van der Waals surface area contributed by atoms with Crippen molar-refractivity contribution in [1.82, 2.24) is 0 Å². The van der Waals surface area contributed by atoms with Crippen LogP contribution in [0.3, 0.4) is 0 Å². The van der Waals surface area contributed by atoms with Crippen LogP contribution in [0.15, 0.2) is 70.6 Å². The van der Waals surface area contributed by atoms with Crippen molar-refractivity contribution in [3.63, 3.8) is 0 Å². The van der Waals surface area contributed by atoms with Crippen molar-refractivity contribution in [3.05, 3.63) is 60.7 Å². The molecule has 0 aliphatic heterocycles. The first-order valence-electron chi connectivity index (χ1n) is 8.59. The van der Waals surface area contributed by atoms with Crippen LogP contribution >= 0.6 is 0 Å². The van der Waals surface area contributed by atoms with E-state index in [1.165, 1.54) is 12.8 Å². The molecule has 2 rings (SSSR count). The number of rotatable bonds is 8. The number of nitrogens with zero attached hydrogens (tertiary/aromatic N) is 2. The second kappa shape index (κ2) is 11.8. The smallest absolute Gasteiger partial charge is 0.0633 e. The van der Waals surface area contributed by atoms with Crippen LogP contribution in [0.5, 0.6) is 0 Å². The average Bonchev–Trinajstić information content (AvgIpc) is 2.61. The van der Waals surface area contributed by atoms with Gasteiger partial charge in [0, 0.05) is 16.5 Å². The molecule has 0 fully saturated rings. The molecule has 130 valence electrons. The molecule has 2 aromatic carbocycles. The molecule has 2 nitrogen and oxygen atoms in total. The van der Waals surface area contributed by atoms with Gasteiger partial charge < -0.3 is 0 Å². The van der Waals surface area contributed by atoms with Crippen LogP contribution in [0.2, 0.25) is 0 Å². The first-order valence-corrected chi connectivity index (χ1v) is 8.59. The summed E-state index contributed by atoms with van der Waals surface area (Å²) in [6.45, 7) is 4.38. The zero-order valence-corrected chi connectivity index (χ0v) is 15.5. The van der Waals surface area contributed by atoms with Crippen molar-refractivity contribution in [2.45, 2.75) is 46.0 Å². The molecule has 0 N–H and O–H groups in total. The largest absolute Gasteiger partial charge is 0.252 e. The summed E-state index contributed by atoms with van der Waals surface area (Å²) in [5.41, 5.74) is 4.22. The predicted molar refractivity (Wildman–Crippen MR) is 102 cm³/mol. The fourth-order valence-electron chi connectivity index (χ4n) is 2.47. The molecule has 0 heterocycles. The number of hydrogen-bond donors (Lipinski definition) is 0. The molecule has 0 spiro atoms. The van der Waals surface area contributed by atoms with Gasteiger partial charge in [-0.15, -0.1) is 0 Å². The van der Waals surface area contributed by atoms with Gasteiger partial charge in [-0.2, -0.15) is 0 Å². The Kier molecular flexibility index (Phi) is 9.95. The van der Waals surface area contributed by atoms with Crippen LogP contribution < -0.4 is 0 Å². The van der Waals surface area contributed by atoms with Gasteiger partial charge in [0.1, 0.15) is 0 Å². The van der Waals surface area contributed by atoms with Crippen molar-refractivity contribution in [1.29, 1.82) is 0 Å². The average molecular weight is 365 g/mol. The van der Waals surface area contributed by atoms with Gasteiger partial charge in [-0.1, -0.05) is 63.1 Å². The van der Waals surface area contributed by atoms with Crippen molar-refractivity contribution in [2.24, 2.45) is 9.98 Å². The van der Waals surface area contributed by atoms with Crippen molar-refractivity contribution < 1.29 is 16.5 Å². The molecule has 0 saturated carbocycles. The maximum absolute atomic E-state index is 4.88. The second-order valence-corrected chi connectivity index (χ2v) is 5.60. The summed E-state index contributed by atoms with van der Waals surface area (Å²) in [5.74, 6) is 0. The van der Waals surface area contributed by atoms with E-state index in [2.05, 4.69) is 26.0 Å². The molecule has 0 atom stereocenters. The van der Waals surface area contributed by atoms with Gasteiger partial charge in [-0.05, 0) is 43.5 Å². The molecule has 0 saturated heterocycles. The van der Waals surface area contributed by atoms with Crippen LogP contribution in [0.4, 0.5) is 11.4 Å². The fourth-order valence-corrected chi connectivity index (χ4v) is 2.47. The Morgan fingerprint density at radius 3 is 1.67 bits per heavy atom. The van der Waals surface area contributed by atoms with Gasteiger partial charge in [0.15, 0.2) is 0 Å². The molecule has 0 amide bonds. The van der Waals surface area contributed by atoms with Gasteiger partial charge >= 0.3 is 0 Å². The summed E-state index contributed by atoms with van der Waals surface area (Å²) in [4.78, 5) is 9.72. The molecule has 3 heteroatoms. The Bertz CT molecular complexity index is 633. The van der Waals surface area contributed by atoms with Crippen LogP contribution in [0.25, 0.3) is 0 Å². The maximum Gasteiger partial charge on any atom is 0.0633 e. The number of unbranched alkanes of at least 4 members (excludes halogenated alkanes) is 2. The third-order valence-corrected chi connectivity index (χ3v) is 3.73. The molecule has 24 heavy (non-hydrogen) atoms. The van der Waals surface area contributed by atoms with E-state index in [9.17, 15) is 0 Å². The second-order valence-electron chi connectivity index (χ2n) is 5.60. The minimum Gasteiger partial charge on any atom is -0.252 e. The SMILES string of the molecule is CCCCCC(=N\c1ccccc1)/C(CC)=N/c1ccccc1.[Ni]. The minimum absolute atomic E-state index is 0. The zero-order chi connectivity index (χ0) is 16.3. The van der Waals surface area contributed by atoms with Gasteiger partial charge in [-0.3, -0.25) is 9.98 Å². The standard InChI is InChI=1S/C21H26N2.Ni/c1-3-5-8-17-21(23-19-15-11-7-12-16-19)20(4-2)22-18-13-9-6-10-14-18;/h6-7,9-16H,3-5,8,17H2,1-2H3;/b22-20+,23-21+;. The summed E-state index contributed by atoms with van der Waals surface area (Å²) in [6, 6.07) is 20.3. The third-order valence-electron chi connectivity index (χ3n) is 3.73. The van der Waals surface area contributed by atoms with E-state index in [1.807, 2.05) is 48.5 Å². The molecule has 0 aliphatic carbocycles. The van der Waals surface area contributed by atoms with Gasteiger partial charge in [0.05, 0.1) is 22.8 Å². The third kappa shape index (κ3) is 6.80. The monoisotopic (exact) mass is 364 g/mol. The summed E-state index contributed by atoms with van der Waals surface area (Å²) in [7, 11) is 0. The normalized spacial score (nSPS) is 11.9. The van der Waals surface area contributed by atoms with Gasteiger partial charge in [0.2, 0.25) is 0 Å². The Morgan fingerprint density at radius 1 is 0.708 bits per heavy atom. The summed E-state index contributed by atoms with van der Waals surface area (Å²) >= 11 is 0. The molecule has 0 aromatic heterocycles. The first-order chi connectivity index (χ1) is 11.3. The van der Waals surface area contributed by atoms with E-state index in [0.29, 0.717) is 0 Å². The van der Waals surface area contributed by atoms with E-state index in [0.717, 1.165) is 42.1 Å². The molecule has 0 unspecified atom stereocenters. The van der Waals surface area contributed by atoms with E-state index in [4.69, 9.17) is 9.98 Å². The quantitative estimate of drug-likeness (QED) is 0.289. The van der Waals surface area contributed by atoms with E-state index in [1.54, 1.807) is 0 Å². The maximum atomic E-state index is 4.88. The number of hydrogen-bond acceptors (Lipinski definition) is 2. The molecule has 0 aliphatic rings. The summed E-state index contributed by atoms with van der Waals surface area (Å²) in [5, 5.41) is 0. The van der Waals surface area contributed by atoms with Crippen LogP contribution in [0.1, 0.15) is 46.0 Å². The van der Waals surface area contributed by atoms with Crippen molar-refractivity contribution in [3.8, 4) is 0 Å². The fraction of sp³-hybridized carbons (Fsp3) is 0.333. The Morgan fingerprint density at radius 2 is 1.21 bits per heavy atom. The molecular formula is C21H26N2Ni. The van der Waals surface area contributed by atoms with Crippen molar-refractivity contribution >= 4 is 22.8 Å². The predicted octanol–water partition coefficient (Wildman–Crippen LogP) is 6.52.